The fourth-order valence-electron chi connectivity index (χ4n) is 2.37. The number of nitrogens with one attached hydrogen (secondary N) is 2. The Morgan fingerprint density at radius 2 is 2.05 bits per heavy atom. The van der Waals surface area contributed by atoms with Crippen molar-refractivity contribution in [2.24, 2.45) is 0 Å². The van der Waals surface area contributed by atoms with Crippen LogP contribution in [0.4, 0.5) is 4.79 Å². The molecule has 6 heteroatoms. The average Bonchev–Trinajstić information content (AvgIpc) is 2.80. The predicted octanol–water partition coefficient (Wildman–Crippen LogP) is 1.50. The number of carbonyl (C=O) groups excluding carboxylic acids is 1. The van der Waals surface area contributed by atoms with Crippen molar-refractivity contribution in [3.8, 4) is 0 Å². The van der Waals surface area contributed by atoms with Gasteiger partial charge in [-0.15, -0.1) is 0 Å². The second-order valence-corrected chi connectivity index (χ2v) is 4.92. The first kappa shape index (κ1) is 15.8. The fourth-order valence-corrected chi connectivity index (χ4v) is 2.37. The molecule has 0 saturated heterocycles. The minimum absolute atomic E-state index is 0.108. The van der Waals surface area contributed by atoms with Crippen LogP contribution in [0.2, 0.25) is 0 Å². The maximum absolute atomic E-state index is 11.6. The van der Waals surface area contributed by atoms with Crippen LogP contribution in [0.1, 0.15) is 44.9 Å². The minimum atomic E-state index is -0.766. The standard InChI is InChI=1S/C13H24N2O4/c1-19-11-7-5-6-10(11)15-13(18)14-9-4-2-3-8-12(16)17/h10-11H,2-9H2,1H3,(H,16,17)(H2,14,15,18). The highest BCUT2D eigenvalue weighted by Gasteiger charge is 2.28. The van der Waals surface area contributed by atoms with Crippen molar-refractivity contribution >= 4 is 12.0 Å². The average molecular weight is 272 g/mol. The van der Waals surface area contributed by atoms with E-state index >= 15 is 0 Å². The monoisotopic (exact) mass is 272 g/mol. The van der Waals surface area contributed by atoms with Gasteiger partial charge in [-0.1, -0.05) is 6.42 Å². The first-order chi connectivity index (χ1) is 9.13. The van der Waals surface area contributed by atoms with Crippen molar-refractivity contribution in [1.29, 1.82) is 0 Å². The number of carboxylic acids is 1. The van der Waals surface area contributed by atoms with Crippen molar-refractivity contribution in [3.63, 3.8) is 0 Å². The fraction of sp³-hybridized carbons (Fsp3) is 0.846. The molecule has 0 aliphatic heterocycles. The van der Waals surface area contributed by atoms with Crippen LogP contribution in [0.25, 0.3) is 0 Å². The Bertz CT molecular complexity index is 296. The molecule has 1 rings (SSSR count). The Hall–Kier alpha value is -1.30. The second kappa shape index (κ2) is 8.74. The van der Waals surface area contributed by atoms with Gasteiger partial charge in [0.2, 0.25) is 0 Å². The number of hydrogen-bond donors (Lipinski definition) is 3. The molecule has 1 aliphatic rings. The van der Waals surface area contributed by atoms with Gasteiger partial charge in [-0.2, -0.15) is 0 Å². The number of ether oxygens (including phenoxy) is 1. The van der Waals surface area contributed by atoms with Gasteiger partial charge in [0, 0.05) is 20.1 Å². The molecule has 0 aromatic rings. The Balaban J connectivity index is 2.03. The van der Waals surface area contributed by atoms with Crippen LogP contribution < -0.4 is 10.6 Å². The smallest absolute Gasteiger partial charge is 0.315 e. The third kappa shape index (κ3) is 6.42. The van der Waals surface area contributed by atoms with E-state index in [2.05, 4.69) is 10.6 Å². The van der Waals surface area contributed by atoms with Gasteiger partial charge >= 0.3 is 12.0 Å². The highest BCUT2D eigenvalue weighted by atomic mass is 16.5. The van der Waals surface area contributed by atoms with Crippen LogP contribution in [-0.4, -0.2) is 42.9 Å². The lowest BCUT2D eigenvalue weighted by Crippen LogP contribution is -2.46. The minimum Gasteiger partial charge on any atom is -0.481 e. The van der Waals surface area contributed by atoms with Crippen LogP contribution in [0, 0.1) is 0 Å². The lowest BCUT2D eigenvalue weighted by atomic mass is 10.2. The van der Waals surface area contributed by atoms with Crippen LogP contribution in [0.3, 0.4) is 0 Å². The van der Waals surface area contributed by atoms with Gasteiger partial charge in [0.15, 0.2) is 0 Å². The highest BCUT2D eigenvalue weighted by Crippen LogP contribution is 2.21. The van der Waals surface area contributed by atoms with Gasteiger partial charge < -0.3 is 20.5 Å². The lowest BCUT2D eigenvalue weighted by molar-refractivity contribution is -0.137. The molecule has 0 bridgehead atoms. The Labute approximate surface area is 113 Å². The van der Waals surface area contributed by atoms with E-state index in [1.54, 1.807) is 7.11 Å². The van der Waals surface area contributed by atoms with E-state index in [1.807, 2.05) is 0 Å². The molecule has 1 saturated carbocycles. The molecule has 1 fully saturated rings. The van der Waals surface area contributed by atoms with E-state index in [0.29, 0.717) is 13.0 Å². The lowest BCUT2D eigenvalue weighted by Gasteiger charge is -2.19. The third-order valence-corrected chi connectivity index (χ3v) is 3.42. The molecule has 0 heterocycles. The third-order valence-electron chi connectivity index (χ3n) is 3.42. The predicted molar refractivity (Wildman–Crippen MR) is 71.1 cm³/mol. The number of rotatable bonds is 8. The molecule has 0 aromatic carbocycles. The van der Waals surface area contributed by atoms with E-state index in [4.69, 9.17) is 9.84 Å². The number of carboxylic acid groups (broad SMARTS) is 1. The molecule has 0 radical (unpaired) electrons. The molecule has 0 spiro atoms. The molecule has 3 N–H and O–H groups in total. The molecule has 1 aliphatic carbocycles. The number of unbranched alkanes of at least 4 members (excludes halogenated alkanes) is 2. The molecule has 110 valence electrons. The van der Waals surface area contributed by atoms with Crippen molar-refractivity contribution in [2.45, 2.75) is 57.1 Å². The Morgan fingerprint density at radius 3 is 2.74 bits per heavy atom. The van der Waals surface area contributed by atoms with E-state index in [9.17, 15) is 9.59 Å². The summed E-state index contributed by atoms with van der Waals surface area (Å²) in [6.07, 6.45) is 5.65. The molecule has 2 amide bonds. The zero-order valence-electron chi connectivity index (χ0n) is 11.5. The number of carbonyl (C=O) groups is 2. The van der Waals surface area contributed by atoms with Gasteiger partial charge in [-0.05, 0) is 32.1 Å². The summed E-state index contributed by atoms with van der Waals surface area (Å²) in [5.41, 5.74) is 0. The largest absolute Gasteiger partial charge is 0.481 e. The summed E-state index contributed by atoms with van der Waals surface area (Å²) < 4.78 is 5.31. The summed E-state index contributed by atoms with van der Waals surface area (Å²) in [6, 6.07) is -0.0517. The normalized spacial score (nSPS) is 22.2. The van der Waals surface area contributed by atoms with Crippen molar-refractivity contribution in [3.05, 3.63) is 0 Å². The molecule has 19 heavy (non-hydrogen) atoms. The van der Waals surface area contributed by atoms with Crippen molar-refractivity contribution in [1.82, 2.24) is 10.6 Å². The van der Waals surface area contributed by atoms with Crippen LogP contribution in [0.5, 0.6) is 0 Å². The number of aliphatic carboxylic acids is 1. The summed E-state index contributed by atoms with van der Waals surface area (Å²) in [6.45, 7) is 0.579. The zero-order chi connectivity index (χ0) is 14.1. The van der Waals surface area contributed by atoms with Crippen LogP contribution in [0.15, 0.2) is 0 Å². The number of amides is 2. The second-order valence-electron chi connectivity index (χ2n) is 4.92. The number of methoxy groups -OCH3 is 1. The Kier molecular flexibility index (Phi) is 7.25. The zero-order valence-corrected chi connectivity index (χ0v) is 11.5. The molecule has 2 unspecified atom stereocenters. The maximum Gasteiger partial charge on any atom is 0.315 e. The summed E-state index contributed by atoms with van der Waals surface area (Å²) in [4.78, 5) is 21.9. The van der Waals surface area contributed by atoms with Gasteiger partial charge in [0.05, 0.1) is 12.1 Å². The first-order valence-corrected chi connectivity index (χ1v) is 6.92. The maximum atomic E-state index is 11.6. The van der Waals surface area contributed by atoms with E-state index < -0.39 is 5.97 Å². The molecule has 2 atom stereocenters. The SMILES string of the molecule is COC1CCCC1NC(=O)NCCCCCC(=O)O. The Morgan fingerprint density at radius 1 is 1.26 bits per heavy atom. The molecule has 0 aromatic heterocycles. The summed E-state index contributed by atoms with van der Waals surface area (Å²) in [7, 11) is 1.67. The van der Waals surface area contributed by atoms with Crippen LogP contribution >= 0.6 is 0 Å². The quantitative estimate of drug-likeness (QED) is 0.584. The van der Waals surface area contributed by atoms with E-state index in [1.165, 1.54) is 0 Å². The van der Waals surface area contributed by atoms with Gasteiger partial charge in [-0.25, -0.2) is 4.79 Å². The van der Waals surface area contributed by atoms with Gasteiger partial charge in [-0.3, -0.25) is 4.79 Å². The summed E-state index contributed by atoms with van der Waals surface area (Å²) in [5, 5.41) is 14.2. The number of urea groups is 1. The van der Waals surface area contributed by atoms with E-state index in [-0.39, 0.29) is 24.6 Å². The molecular formula is C13H24N2O4. The molecular weight excluding hydrogens is 248 g/mol. The topological polar surface area (TPSA) is 87.7 Å². The highest BCUT2D eigenvalue weighted by molar-refractivity contribution is 5.74. The first-order valence-electron chi connectivity index (χ1n) is 6.92. The summed E-state index contributed by atoms with van der Waals surface area (Å²) in [5.74, 6) is -0.766. The number of hydrogen-bond acceptors (Lipinski definition) is 3. The van der Waals surface area contributed by atoms with E-state index in [0.717, 1.165) is 32.1 Å². The van der Waals surface area contributed by atoms with Crippen molar-refractivity contribution in [2.75, 3.05) is 13.7 Å². The molecule has 6 nitrogen and oxygen atoms in total. The van der Waals surface area contributed by atoms with Crippen molar-refractivity contribution < 1.29 is 19.4 Å². The summed E-state index contributed by atoms with van der Waals surface area (Å²) >= 11 is 0. The van der Waals surface area contributed by atoms with Gasteiger partial charge in [0.1, 0.15) is 0 Å². The van der Waals surface area contributed by atoms with Crippen LogP contribution in [-0.2, 0) is 9.53 Å². The van der Waals surface area contributed by atoms with Gasteiger partial charge in [0.25, 0.3) is 0 Å².